The van der Waals surface area contributed by atoms with Crippen LogP contribution in [0, 0.1) is 0 Å². The second-order valence-corrected chi connectivity index (χ2v) is 2.61. The fraction of sp³-hybridized carbons (Fsp3) is 1.00. The van der Waals surface area contributed by atoms with E-state index < -0.39 is 31.0 Å². The van der Waals surface area contributed by atoms with Crippen LogP contribution in [0.5, 0.6) is 0 Å². The van der Waals surface area contributed by atoms with Crippen LogP contribution in [0.4, 0.5) is 0 Å². The van der Waals surface area contributed by atoms with Crippen molar-refractivity contribution < 1.29 is 25.2 Å². The molecule has 1 aliphatic heterocycles. The maximum absolute atomic E-state index is 9.11. The lowest BCUT2D eigenvalue weighted by atomic mass is 10.1. The Kier molecular flexibility index (Phi) is 2.80. The van der Waals surface area contributed by atoms with Gasteiger partial charge in [-0.3, -0.25) is 0 Å². The molecule has 1 saturated heterocycles. The molecular formula is C6H12O5. The van der Waals surface area contributed by atoms with Gasteiger partial charge in [-0.05, 0) is 0 Å². The molecule has 0 aromatic carbocycles. The van der Waals surface area contributed by atoms with Crippen LogP contribution in [0.3, 0.4) is 0 Å². The second kappa shape index (κ2) is 3.46. The molecule has 0 bridgehead atoms. The highest BCUT2D eigenvalue weighted by atomic mass is 16.5. The molecule has 0 aromatic rings. The van der Waals surface area contributed by atoms with E-state index >= 15 is 0 Å². The Morgan fingerprint density at radius 1 is 1.45 bits per heavy atom. The van der Waals surface area contributed by atoms with Crippen molar-refractivity contribution in [2.24, 2.45) is 0 Å². The van der Waals surface area contributed by atoms with Crippen LogP contribution < -0.4 is 0 Å². The van der Waals surface area contributed by atoms with Crippen LogP contribution in [0.2, 0.25) is 0 Å². The van der Waals surface area contributed by atoms with Crippen LogP contribution in [0.1, 0.15) is 0 Å². The zero-order valence-electron chi connectivity index (χ0n) is 5.92. The number of rotatable bonds is 2. The third kappa shape index (κ3) is 1.69. The predicted octanol–water partition coefficient (Wildman–Crippen LogP) is -2.54. The molecule has 0 amide bonds. The van der Waals surface area contributed by atoms with E-state index in [1.165, 1.54) is 0 Å². The van der Waals surface area contributed by atoms with E-state index in [-0.39, 0.29) is 6.61 Å². The molecule has 1 rings (SSSR count). The summed E-state index contributed by atoms with van der Waals surface area (Å²) in [7, 11) is 0. The first-order chi connectivity index (χ1) is 5.16. The molecule has 1 aliphatic rings. The molecular weight excluding hydrogens is 152 g/mol. The van der Waals surface area contributed by atoms with Gasteiger partial charge in [-0.25, -0.2) is 0 Å². The van der Waals surface area contributed by atoms with Gasteiger partial charge in [0, 0.05) is 0 Å². The Balaban J connectivity index is 2.47. The van der Waals surface area contributed by atoms with Crippen molar-refractivity contribution in [2.45, 2.75) is 24.4 Å². The summed E-state index contributed by atoms with van der Waals surface area (Å²) in [6.45, 7) is -0.475. The average molecular weight is 164 g/mol. The van der Waals surface area contributed by atoms with Gasteiger partial charge in [0.2, 0.25) is 0 Å². The van der Waals surface area contributed by atoms with Crippen LogP contribution in [0.25, 0.3) is 0 Å². The SMILES string of the molecule is OC[C@H](O)C1OC[C@@H](O)[C@H]1O. The van der Waals surface area contributed by atoms with E-state index in [1.54, 1.807) is 0 Å². The smallest absolute Gasteiger partial charge is 0.114 e. The molecule has 0 aliphatic carbocycles. The van der Waals surface area contributed by atoms with Gasteiger partial charge in [0.1, 0.15) is 24.4 Å². The summed E-state index contributed by atoms with van der Waals surface area (Å²) in [5, 5.41) is 35.5. The van der Waals surface area contributed by atoms with Crippen LogP contribution in [-0.2, 0) is 4.74 Å². The summed E-state index contributed by atoms with van der Waals surface area (Å²) in [6.07, 6.45) is -4.05. The van der Waals surface area contributed by atoms with Gasteiger partial charge in [0.15, 0.2) is 0 Å². The molecule has 0 radical (unpaired) electrons. The Morgan fingerprint density at radius 2 is 2.09 bits per heavy atom. The van der Waals surface area contributed by atoms with Crippen molar-refractivity contribution in [2.75, 3.05) is 13.2 Å². The quantitative estimate of drug-likeness (QED) is 0.361. The first-order valence-corrected chi connectivity index (χ1v) is 3.43. The predicted molar refractivity (Wildman–Crippen MR) is 34.8 cm³/mol. The Hall–Kier alpha value is -0.200. The summed E-state index contributed by atoms with van der Waals surface area (Å²) in [5.41, 5.74) is 0. The summed E-state index contributed by atoms with van der Waals surface area (Å²) in [6, 6.07) is 0. The molecule has 66 valence electrons. The standard InChI is InChI=1S/C6H12O5/c7-1-3(8)6-5(10)4(9)2-11-6/h3-10H,1-2H2/t3-,4+,5+,6?/m0/s1. The summed E-state index contributed by atoms with van der Waals surface area (Å²) >= 11 is 0. The van der Waals surface area contributed by atoms with E-state index in [1.807, 2.05) is 0 Å². The second-order valence-electron chi connectivity index (χ2n) is 2.61. The molecule has 5 nitrogen and oxygen atoms in total. The molecule has 1 heterocycles. The minimum Gasteiger partial charge on any atom is -0.394 e. The van der Waals surface area contributed by atoms with Gasteiger partial charge in [-0.15, -0.1) is 0 Å². The van der Waals surface area contributed by atoms with E-state index in [0.717, 1.165) is 0 Å². The van der Waals surface area contributed by atoms with E-state index in [4.69, 9.17) is 25.2 Å². The minimum atomic E-state index is -1.12. The average Bonchev–Trinajstić information content (AvgIpc) is 2.32. The fourth-order valence-electron chi connectivity index (χ4n) is 1.07. The fourth-order valence-corrected chi connectivity index (χ4v) is 1.07. The number of ether oxygens (including phenoxy) is 1. The minimum absolute atomic E-state index is 0.00287. The molecule has 5 heteroatoms. The first kappa shape index (κ1) is 8.89. The molecule has 4 N–H and O–H groups in total. The van der Waals surface area contributed by atoms with Gasteiger partial charge < -0.3 is 25.2 Å². The summed E-state index contributed by atoms with van der Waals surface area (Å²) in [5.74, 6) is 0. The third-order valence-electron chi connectivity index (χ3n) is 1.76. The number of hydrogen-bond donors (Lipinski definition) is 4. The van der Waals surface area contributed by atoms with Gasteiger partial charge in [0.05, 0.1) is 13.2 Å². The maximum Gasteiger partial charge on any atom is 0.114 e. The summed E-state index contributed by atoms with van der Waals surface area (Å²) < 4.78 is 4.82. The molecule has 0 saturated carbocycles. The molecule has 4 atom stereocenters. The zero-order chi connectivity index (χ0) is 8.43. The number of hydrogen-bond acceptors (Lipinski definition) is 5. The van der Waals surface area contributed by atoms with Crippen molar-refractivity contribution in [1.82, 2.24) is 0 Å². The third-order valence-corrected chi connectivity index (χ3v) is 1.76. The van der Waals surface area contributed by atoms with Crippen molar-refractivity contribution >= 4 is 0 Å². The molecule has 0 aromatic heterocycles. The van der Waals surface area contributed by atoms with Crippen LogP contribution in [0.15, 0.2) is 0 Å². The van der Waals surface area contributed by atoms with Crippen LogP contribution in [-0.4, -0.2) is 58.1 Å². The van der Waals surface area contributed by atoms with E-state index in [0.29, 0.717) is 0 Å². The van der Waals surface area contributed by atoms with E-state index in [2.05, 4.69) is 0 Å². The van der Waals surface area contributed by atoms with E-state index in [9.17, 15) is 0 Å². The molecule has 0 spiro atoms. The highest BCUT2D eigenvalue weighted by Crippen LogP contribution is 2.16. The highest BCUT2D eigenvalue weighted by Gasteiger charge is 2.38. The number of aliphatic hydroxyl groups excluding tert-OH is 4. The van der Waals surface area contributed by atoms with Gasteiger partial charge in [0.25, 0.3) is 0 Å². The lowest BCUT2D eigenvalue weighted by Gasteiger charge is -2.18. The van der Waals surface area contributed by atoms with Crippen molar-refractivity contribution in [1.29, 1.82) is 0 Å². The summed E-state index contributed by atoms with van der Waals surface area (Å²) in [4.78, 5) is 0. The monoisotopic (exact) mass is 164 g/mol. The van der Waals surface area contributed by atoms with Gasteiger partial charge >= 0.3 is 0 Å². The lowest BCUT2D eigenvalue weighted by molar-refractivity contribution is -0.0684. The van der Waals surface area contributed by atoms with Crippen molar-refractivity contribution in [3.63, 3.8) is 0 Å². The molecule has 11 heavy (non-hydrogen) atoms. The highest BCUT2D eigenvalue weighted by molar-refractivity contribution is 4.87. The lowest BCUT2D eigenvalue weighted by Crippen LogP contribution is -2.40. The Morgan fingerprint density at radius 3 is 2.45 bits per heavy atom. The van der Waals surface area contributed by atoms with Gasteiger partial charge in [-0.1, -0.05) is 0 Å². The Labute approximate surface area is 63.8 Å². The van der Waals surface area contributed by atoms with Gasteiger partial charge in [-0.2, -0.15) is 0 Å². The molecule has 1 unspecified atom stereocenters. The first-order valence-electron chi connectivity index (χ1n) is 3.43. The number of aliphatic hydroxyl groups is 4. The molecule has 1 fully saturated rings. The van der Waals surface area contributed by atoms with Crippen molar-refractivity contribution in [3.8, 4) is 0 Å². The maximum atomic E-state index is 9.11. The normalized spacial score (nSPS) is 40.9. The van der Waals surface area contributed by atoms with Crippen molar-refractivity contribution in [3.05, 3.63) is 0 Å². The largest absolute Gasteiger partial charge is 0.394 e. The topological polar surface area (TPSA) is 90.2 Å². The Bertz CT molecular complexity index is 128. The zero-order valence-corrected chi connectivity index (χ0v) is 5.92. The van der Waals surface area contributed by atoms with Crippen LogP contribution >= 0.6 is 0 Å².